The van der Waals surface area contributed by atoms with Crippen LogP contribution in [-0.4, -0.2) is 47.4 Å². The van der Waals surface area contributed by atoms with Crippen molar-refractivity contribution < 1.29 is 14.3 Å². The van der Waals surface area contributed by atoms with Crippen LogP contribution in [0.5, 0.6) is 5.75 Å². The van der Waals surface area contributed by atoms with Gasteiger partial charge in [-0.25, -0.2) is 0 Å². The second kappa shape index (κ2) is 8.09. The molecule has 3 aromatic rings. The summed E-state index contributed by atoms with van der Waals surface area (Å²) in [6, 6.07) is 17.8. The Labute approximate surface area is 170 Å². The molecule has 1 aromatic heterocycles. The van der Waals surface area contributed by atoms with E-state index in [1.54, 1.807) is 23.7 Å². The maximum atomic E-state index is 13.1. The van der Waals surface area contributed by atoms with Gasteiger partial charge >= 0.3 is 0 Å². The third-order valence-corrected chi connectivity index (χ3v) is 5.35. The molecular weight excluding hydrogens is 366 g/mol. The molecule has 0 N–H and O–H groups in total. The van der Waals surface area contributed by atoms with E-state index in [-0.39, 0.29) is 12.0 Å². The first-order valence-electron chi connectivity index (χ1n) is 9.68. The molecular formula is C23H25N3O3. The van der Waals surface area contributed by atoms with E-state index in [0.29, 0.717) is 24.5 Å². The van der Waals surface area contributed by atoms with Crippen LogP contribution in [0.1, 0.15) is 21.6 Å². The molecule has 1 atom stereocenters. The van der Waals surface area contributed by atoms with Gasteiger partial charge in [-0.3, -0.25) is 9.48 Å². The van der Waals surface area contributed by atoms with Crippen LogP contribution in [0.4, 0.5) is 0 Å². The molecule has 1 amide bonds. The Morgan fingerprint density at radius 1 is 1.21 bits per heavy atom. The Balaban J connectivity index is 1.49. The number of ether oxygens (including phenoxy) is 2. The minimum absolute atomic E-state index is 0.0132. The monoisotopic (exact) mass is 391 g/mol. The third kappa shape index (κ3) is 3.89. The maximum Gasteiger partial charge on any atom is 0.271 e. The number of methoxy groups -OCH3 is 1. The Morgan fingerprint density at radius 2 is 1.93 bits per heavy atom. The smallest absolute Gasteiger partial charge is 0.271 e. The first-order valence-corrected chi connectivity index (χ1v) is 9.68. The van der Waals surface area contributed by atoms with Crippen LogP contribution in [0, 0.1) is 0 Å². The number of amides is 1. The average Bonchev–Trinajstić information content (AvgIpc) is 3.14. The molecule has 0 bridgehead atoms. The molecule has 0 radical (unpaired) electrons. The fourth-order valence-electron chi connectivity index (χ4n) is 3.77. The summed E-state index contributed by atoms with van der Waals surface area (Å²) in [5.74, 6) is 0.649. The number of likely N-dealkylation sites (N-methyl/N-ethyl adjacent to an activating group) is 1. The first-order chi connectivity index (χ1) is 14.1. The van der Waals surface area contributed by atoms with Crippen molar-refractivity contribution >= 4 is 5.91 Å². The lowest BCUT2D eigenvalue weighted by molar-refractivity contribution is 0.00961. The minimum atomic E-state index is -0.0800. The van der Waals surface area contributed by atoms with Gasteiger partial charge in [0.1, 0.15) is 11.4 Å². The molecule has 0 aliphatic carbocycles. The molecule has 1 aliphatic heterocycles. The van der Waals surface area contributed by atoms with Gasteiger partial charge in [-0.2, -0.15) is 5.10 Å². The quantitative estimate of drug-likeness (QED) is 0.670. The number of hydrogen-bond acceptors (Lipinski definition) is 4. The molecule has 4 rings (SSSR count). The van der Waals surface area contributed by atoms with Crippen LogP contribution in [0.15, 0.2) is 54.6 Å². The van der Waals surface area contributed by atoms with E-state index >= 15 is 0 Å². The topological polar surface area (TPSA) is 56.6 Å². The first kappa shape index (κ1) is 19.2. The standard InChI is InChI=1S/C23H25N3O3/c1-25(14-18-12-16-8-4-5-9-17(16)15-29-18)23(27)21-13-20(24-26(21)2)19-10-6-7-11-22(19)28-3/h4-11,13,18H,12,14-15H2,1-3H3. The zero-order chi connectivity index (χ0) is 20.4. The molecule has 0 saturated heterocycles. The molecule has 1 aliphatic rings. The van der Waals surface area contributed by atoms with Crippen LogP contribution >= 0.6 is 0 Å². The fraction of sp³-hybridized carbons (Fsp3) is 0.304. The lowest BCUT2D eigenvalue weighted by atomic mass is 9.99. The molecule has 6 heteroatoms. The molecule has 29 heavy (non-hydrogen) atoms. The zero-order valence-corrected chi connectivity index (χ0v) is 17.0. The number of para-hydroxylation sites is 1. The van der Waals surface area contributed by atoms with Crippen molar-refractivity contribution in [3.63, 3.8) is 0 Å². The highest BCUT2D eigenvalue weighted by Gasteiger charge is 2.24. The second-order valence-electron chi connectivity index (χ2n) is 7.33. The molecule has 0 spiro atoms. The lowest BCUT2D eigenvalue weighted by Gasteiger charge is -2.29. The second-order valence-corrected chi connectivity index (χ2v) is 7.33. The molecule has 1 unspecified atom stereocenters. The predicted molar refractivity (Wildman–Crippen MR) is 111 cm³/mol. The number of benzene rings is 2. The number of carbonyl (C=O) groups excluding carboxylic acids is 1. The average molecular weight is 391 g/mol. The van der Waals surface area contributed by atoms with E-state index in [0.717, 1.165) is 17.7 Å². The van der Waals surface area contributed by atoms with Crippen LogP contribution in [0.3, 0.4) is 0 Å². The van der Waals surface area contributed by atoms with Gasteiger partial charge in [0.05, 0.1) is 25.5 Å². The van der Waals surface area contributed by atoms with E-state index < -0.39 is 0 Å². The van der Waals surface area contributed by atoms with Gasteiger partial charge in [0, 0.05) is 32.6 Å². The highest BCUT2D eigenvalue weighted by Crippen LogP contribution is 2.29. The van der Waals surface area contributed by atoms with Gasteiger partial charge in [-0.05, 0) is 29.3 Å². The van der Waals surface area contributed by atoms with Gasteiger partial charge < -0.3 is 14.4 Å². The summed E-state index contributed by atoms with van der Waals surface area (Å²) < 4.78 is 13.0. The zero-order valence-electron chi connectivity index (χ0n) is 17.0. The van der Waals surface area contributed by atoms with E-state index in [1.165, 1.54) is 11.1 Å². The van der Waals surface area contributed by atoms with Gasteiger partial charge in [0.2, 0.25) is 0 Å². The molecule has 6 nitrogen and oxygen atoms in total. The number of hydrogen-bond donors (Lipinski definition) is 0. The Hall–Kier alpha value is -3.12. The number of nitrogens with zero attached hydrogens (tertiary/aromatic N) is 3. The van der Waals surface area contributed by atoms with Crippen molar-refractivity contribution in [2.24, 2.45) is 7.05 Å². The molecule has 2 aromatic carbocycles. The fourth-order valence-corrected chi connectivity index (χ4v) is 3.77. The number of aryl methyl sites for hydroxylation is 1. The molecule has 0 saturated carbocycles. The Kier molecular flexibility index (Phi) is 5.36. The van der Waals surface area contributed by atoms with Crippen molar-refractivity contribution in [3.05, 3.63) is 71.4 Å². The Bertz CT molecular complexity index is 1030. The number of rotatable bonds is 5. The van der Waals surface area contributed by atoms with Crippen molar-refractivity contribution in [1.29, 1.82) is 0 Å². The van der Waals surface area contributed by atoms with Gasteiger partial charge in [0.25, 0.3) is 5.91 Å². The number of carbonyl (C=O) groups is 1. The Morgan fingerprint density at radius 3 is 2.72 bits per heavy atom. The summed E-state index contributed by atoms with van der Waals surface area (Å²) >= 11 is 0. The minimum Gasteiger partial charge on any atom is -0.496 e. The van der Waals surface area contributed by atoms with E-state index in [1.807, 2.05) is 49.5 Å². The van der Waals surface area contributed by atoms with E-state index in [4.69, 9.17) is 9.47 Å². The predicted octanol–water partition coefficient (Wildman–Crippen LogP) is 3.31. The van der Waals surface area contributed by atoms with Gasteiger partial charge in [0.15, 0.2) is 0 Å². The lowest BCUT2D eigenvalue weighted by Crippen LogP contribution is -2.38. The van der Waals surface area contributed by atoms with Gasteiger partial charge in [-0.1, -0.05) is 36.4 Å². The highest BCUT2D eigenvalue weighted by molar-refractivity contribution is 5.93. The van der Waals surface area contributed by atoms with Crippen molar-refractivity contribution in [3.8, 4) is 17.0 Å². The van der Waals surface area contributed by atoms with Crippen molar-refractivity contribution in [1.82, 2.24) is 14.7 Å². The third-order valence-electron chi connectivity index (χ3n) is 5.35. The summed E-state index contributed by atoms with van der Waals surface area (Å²) in [5, 5.41) is 4.53. The van der Waals surface area contributed by atoms with E-state index in [2.05, 4.69) is 17.2 Å². The largest absolute Gasteiger partial charge is 0.496 e. The van der Waals surface area contributed by atoms with Crippen LogP contribution < -0.4 is 4.74 Å². The van der Waals surface area contributed by atoms with E-state index in [9.17, 15) is 4.79 Å². The molecule has 0 fully saturated rings. The number of aromatic nitrogens is 2. The van der Waals surface area contributed by atoms with Crippen LogP contribution in [0.25, 0.3) is 11.3 Å². The SMILES string of the molecule is COc1ccccc1-c1cc(C(=O)N(C)CC2Cc3ccccc3CO2)n(C)n1. The summed E-state index contributed by atoms with van der Waals surface area (Å²) in [4.78, 5) is 14.8. The van der Waals surface area contributed by atoms with Crippen molar-refractivity contribution in [2.75, 3.05) is 20.7 Å². The molecule has 2 heterocycles. The summed E-state index contributed by atoms with van der Waals surface area (Å²) in [7, 11) is 5.22. The number of fused-ring (bicyclic) bond motifs is 1. The summed E-state index contributed by atoms with van der Waals surface area (Å²) in [5.41, 5.74) is 4.63. The summed E-state index contributed by atoms with van der Waals surface area (Å²) in [6.07, 6.45) is 0.798. The molecule has 150 valence electrons. The van der Waals surface area contributed by atoms with Crippen molar-refractivity contribution in [2.45, 2.75) is 19.1 Å². The van der Waals surface area contributed by atoms with Crippen LogP contribution in [0.2, 0.25) is 0 Å². The highest BCUT2D eigenvalue weighted by atomic mass is 16.5. The normalized spacial score (nSPS) is 15.6. The summed E-state index contributed by atoms with van der Waals surface area (Å²) in [6.45, 7) is 1.12. The van der Waals surface area contributed by atoms with Gasteiger partial charge in [-0.15, -0.1) is 0 Å². The maximum absolute atomic E-state index is 13.1. The van der Waals surface area contributed by atoms with Crippen LogP contribution in [-0.2, 0) is 24.8 Å².